The molecule has 0 aliphatic rings. The third-order valence-corrected chi connectivity index (χ3v) is 2.45. The van der Waals surface area contributed by atoms with E-state index < -0.39 is 17.3 Å². The lowest BCUT2D eigenvalue weighted by Crippen LogP contribution is -2.31. The number of ketones is 2. The van der Waals surface area contributed by atoms with Gasteiger partial charge in [-0.25, -0.2) is 0 Å². The molecule has 0 fully saturated rings. The molecule has 92 valence electrons. The van der Waals surface area contributed by atoms with E-state index in [9.17, 15) is 14.4 Å². The molecule has 0 spiro atoms. The highest BCUT2D eigenvalue weighted by Crippen LogP contribution is 2.21. The van der Waals surface area contributed by atoms with Crippen LogP contribution < -0.4 is 0 Å². The first-order valence-corrected chi connectivity index (χ1v) is 5.37. The highest BCUT2D eigenvalue weighted by atomic mass is 16.5. The van der Waals surface area contributed by atoms with Crippen molar-refractivity contribution in [1.29, 1.82) is 0 Å². The fourth-order valence-corrected chi connectivity index (χ4v) is 1.21. The minimum absolute atomic E-state index is 0.0666. The minimum atomic E-state index is -0.943. The third kappa shape index (κ3) is 4.13. The third-order valence-electron chi connectivity index (χ3n) is 2.45. The van der Waals surface area contributed by atoms with Gasteiger partial charge in [-0.15, -0.1) is 0 Å². The van der Waals surface area contributed by atoms with Crippen molar-refractivity contribution >= 4 is 17.5 Å². The number of Topliss-reactive ketones (excluding diaryl/α,β-unsaturated/α-hetero) is 2. The molecule has 16 heavy (non-hydrogen) atoms. The molecule has 0 radical (unpaired) electrons. The van der Waals surface area contributed by atoms with Gasteiger partial charge in [-0.2, -0.15) is 0 Å². The molecule has 1 atom stereocenters. The van der Waals surface area contributed by atoms with Crippen molar-refractivity contribution in [3.05, 3.63) is 0 Å². The molecule has 0 N–H and O–H groups in total. The molecule has 0 saturated heterocycles. The van der Waals surface area contributed by atoms with Crippen LogP contribution in [0, 0.1) is 11.3 Å². The zero-order valence-electron chi connectivity index (χ0n) is 10.6. The van der Waals surface area contributed by atoms with E-state index in [2.05, 4.69) is 4.74 Å². The predicted octanol–water partition coefficient (Wildman–Crippen LogP) is 1.76. The fourth-order valence-electron chi connectivity index (χ4n) is 1.21. The predicted molar refractivity (Wildman–Crippen MR) is 59.9 cm³/mol. The van der Waals surface area contributed by atoms with E-state index in [-0.39, 0.29) is 24.4 Å². The summed E-state index contributed by atoms with van der Waals surface area (Å²) in [5.41, 5.74) is -0.541. The van der Waals surface area contributed by atoms with Gasteiger partial charge in [0, 0.05) is 18.3 Å². The Balaban J connectivity index is 4.76. The Bertz CT molecular complexity index is 270. The Morgan fingerprint density at radius 2 is 1.69 bits per heavy atom. The Morgan fingerprint density at radius 1 is 1.19 bits per heavy atom. The van der Waals surface area contributed by atoms with E-state index >= 15 is 0 Å². The van der Waals surface area contributed by atoms with Crippen LogP contribution in [-0.4, -0.2) is 24.6 Å². The van der Waals surface area contributed by atoms with Crippen LogP contribution in [-0.2, 0) is 19.1 Å². The van der Waals surface area contributed by atoms with Gasteiger partial charge < -0.3 is 4.74 Å². The van der Waals surface area contributed by atoms with Crippen LogP contribution in [0.5, 0.6) is 0 Å². The molecule has 0 saturated carbocycles. The van der Waals surface area contributed by atoms with Gasteiger partial charge in [0.1, 0.15) is 17.5 Å². The maximum absolute atomic E-state index is 11.8. The lowest BCUT2D eigenvalue weighted by Gasteiger charge is -2.19. The van der Waals surface area contributed by atoms with Gasteiger partial charge in [-0.3, -0.25) is 14.4 Å². The van der Waals surface area contributed by atoms with Crippen molar-refractivity contribution in [3.63, 3.8) is 0 Å². The van der Waals surface area contributed by atoms with Gasteiger partial charge in [0.05, 0.1) is 7.11 Å². The molecule has 0 aliphatic heterocycles. The number of ether oxygens (including phenoxy) is 1. The van der Waals surface area contributed by atoms with E-state index in [1.807, 2.05) is 0 Å². The van der Waals surface area contributed by atoms with E-state index in [1.54, 1.807) is 27.7 Å². The summed E-state index contributed by atoms with van der Waals surface area (Å²) in [6.07, 6.45) is 0.167. The Kier molecular flexibility index (Phi) is 5.35. The van der Waals surface area contributed by atoms with Gasteiger partial charge in [-0.05, 0) is 0 Å². The second kappa shape index (κ2) is 5.77. The Morgan fingerprint density at radius 3 is 2.00 bits per heavy atom. The maximum atomic E-state index is 11.8. The molecule has 0 amide bonds. The Labute approximate surface area is 96.4 Å². The van der Waals surface area contributed by atoms with Crippen molar-refractivity contribution in [1.82, 2.24) is 0 Å². The largest absolute Gasteiger partial charge is 0.468 e. The summed E-state index contributed by atoms with van der Waals surface area (Å²) in [6, 6.07) is 0. The molecule has 0 bridgehead atoms. The first kappa shape index (κ1) is 14.8. The van der Waals surface area contributed by atoms with Crippen molar-refractivity contribution in [2.75, 3.05) is 7.11 Å². The summed E-state index contributed by atoms with van der Waals surface area (Å²) in [7, 11) is 1.22. The van der Waals surface area contributed by atoms with Crippen LogP contribution in [0.1, 0.15) is 40.5 Å². The molecule has 4 nitrogen and oxygen atoms in total. The highest BCUT2D eigenvalue weighted by molar-refractivity contribution is 6.03. The number of hydrogen-bond donors (Lipinski definition) is 0. The topological polar surface area (TPSA) is 60.4 Å². The monoisotopic (exact) mass is 228 g/mol. The SMILES string of the molecule is CCC(=O)C(CC(=O)C(C)(C)C)C(=O)OC. The average molecular weight is 228 g/mol. The molecule has 0 aromatic heterocycles. The summed E-state index contributed by atoms with van der Waals surface area (Å²) in [5.74, 6) is -1.92. The van der Waals surface area contributed by atoms with Crippen LogP contribution in [0.15, 0.2) is 0 Å². The standard InChI is InChI=1S/C12H20O4/c1-6-9(13)8(11(15)16-5)7-10(14)12(2,3)4/h8H,6-7H2,1-5H3. The molecule has 0 aromatic rings. The normalized spacial score (nSPS) is 13.1. The molecule has 0 aliphatic carbocycles. The first-order chi connectivity index (χ1) is 7.23. The van der Waals surface area contributed by atoms with Gasteiger partial charge in [-0.1, -0.05) is 27.7 Å². The fraction of sp³-hybridized carbons (Fsp3) is 0.750. The average Bonchev–Trinajstić information content (AvgIpc) is 2.21. The van der Waals surface area contributed by atoms with E-state index in [1.165, 1.54) is 7.11 Å². The van der Waals surface area contributed by atoms with Gasteiger partial charge in [0.2, 0.25) is 0 Å². The Hall–Kier alpha value is -1.19. The molecule has 0 rings (SSSR count). The number of esters is 1. The summed E-state index contributed by atoms with van der Waals surface area (Å²) in [5, 5.41) is 0. The number of carbonyl (C=O) groups is 3. The first-order valence-electron chi connectivity index (χ1n) is 5.37. The number of hydrogen-bond acceptors (Lipinski definition) is 4. The summed E-state index contributed by atoms with van der Waals surface area (Å²) < 4.78 is 4.54. The smallest absolute Gasteiger partial charge is 0.316 e. The van der Waals surface area contributed by atoms with Crippen LogP contribution in [0.4, 0.5) is 0 Å². The second-order valence-electron chi connectivity index (χ2n) is 4.77. The van der Waals surface area contributed by atoms with Crippen LogP contribution in [0.25, 0.3) is 0 Å². The van der Waals surface area contributed by atoms with Crippen LogP contribution in [0.3, 0.4) is 0 Å². The minimum Gasteiger partial charge on any atom is -0.468 e. The summed E-state index contributed by atoms with van der Waals surface area (Å²) >= 11 is 0. The van der Waals surface area contributed by atoms with E-state index in [4.69, 9.17) is 0 Å². The number of carbonyl (C=O) groups excluding carboxylic acids is 3. The second-order valence-corrected chi connectivity index (χ2v) is 4.77. The molecular weight excluding hydrogens is 208 g/mol. The highest BCUT2D eigenvalue weighted by Gasteiger charge is 2.32. The van der Waals surface area contributed by atoms with Crippen LogP contribution in [0.2, 0.25) is 0 Å². The lowest BCUT2D eigenvalue weighted by molar-refractivity contribution is -0.152. The quantitative estimate of drug-likeness (QED) is 0.531. The van der Waals surface area contributed by atoms with Crippen LogP contribution >= 0.6 is 0 Å². The van der Waals surface area contributed by atoms with Gasteiger partial charge in [0.25, 0.3) is 0 Å². The molecule has 0 heterocycles. The molecular formula is C12H20O4. The van der Waals surface area contributed by atoms with E-state index in [0.717, 1.165) is 0 Å². The lowest BCUT2D eigenvalue weighted by atomic mass is 9.83. The van der Waals surface area contributed by atoms with E-state index in [0.29, 0.717) is 0 Å². The molecule has 1 unspecified atom stereocenters. The van der Waals surface area contributed by atoms with Crippen molar-refractivity contribution in [2.24, 2.45) is 11.3 Å². The molecule has 0 aromatic carbocycles. The van der Waals surface area contributed by atoms with Crippen molar-refractivity contribution in [3.8, 4) is 0 Å². The van der Waals surface area contributed by atoms with Crippen molar-refractivity contribution < 1.29 is 19.1 Å². The number of rotatable bonds is 5. The summed E-state index contributed by atoms with van der Waals surface area (Å²) in [4.78, 5) is 34.7. The zero-order chi connectivity index (χ0) is 12.9. The zero-order valence-corrected chi connectivity index (χ0v) is 10.6. The summed E-state index contributed by atoms with van der Waals surface area (Å²) in [6.45, 7) is 6.96. The van der Waals surface area contributed by atoms with Crippen molar-refractivity contribution in [2.45, 2.75) is 40.5 Å². The maximum Gasteiger partial charge on any atom is 0.316 e. The van der Waals surface area contributed by atoms with Gasteiger partial charge in [0.15, 0.2) is 0 Å². The number of methoxy groups -OCH3 is 1. The molecule has 4 heteroatoms. The van der Waals surface area contributed by atoms with Gasteiger partial charge >= 0.3 is 5.97 Å².